The van der Waals surface area contributed by atoms with Crippen molar-refractivity contribution >= 4 is 17.6 Å². The number of hydrogen-bond acceptors (Lipinski definition) is 3. The van der Waals surface area contributed by atoms with E-state index in [4.69, 9.17) is 21.4 Å². The number of rotatable bonds is 3. The van der Waals surface area contributed by atoms with Crippen molar-refractivity contribution in [3.63, 3.8) is 0 Å². The number of aromatic nitrogens is 1. The normalized spacial score (nSPS) is 24.3. The first-order chi connectivity index (χ1) is 8.15. The van der Waals surface area contributed by atoms with Crippen molar-refractivity contribution in [3.8, 4) is 5.88 Å². The fourth-order valence-electron chi connectivity index (χ4n) is 2.05. The molecule has 2 rings (SSSR count). The molecule has 1 N–H and O–H groups in total. The van der Waals surface area contributed by atoms with Crippen molar-refractivity contribution < 1.29 is 14.6 Å². The average molecular weight is 256 g/mol. The van der Waals surface area contributed by atoms with Gasteiger partial charge in [0, 0.05) is 6.07 Å². The van der Waals surface area contributed by atoms with Gasteiger partial charge in [-0.2, -0.15) is 0 Å². The van der Waals surface area contributed by atoms with E-state index >= 15 is 0 Å². The second-order valence-electron chi connectivity index (χ2n) is 4.23. The summed E-state index contributed by atoms with van der Waals surface area (Å²) in [6.07, 6.45) is 2.90. The Morgan fingerprint density at radius 2 is 2.06 bits per heavy atom. The van der Waals surface area contributed by atoms with Crippen LogP contribution in [0.4, 0.5) is 0 Å². The van der Waals surface area contributed by atoms with Gasteiger partial charge in [-0.3, -0.25) is 4.79 Å². The first kappa shape index (κ1) is 12.2. The Balaban J connectivity index is 1.88. The highest BCUT2D eigenvalue weighted by molar-refractivity contribution is 6.29. The van der Waals surface area contributed by atoms with Crippen molar-refractivity contribution in [3.05, 3.63) is 23.4 Å². The van der Waals surface area contributed by atoms with Gasteiger partial charge in [0.05, 0.1) is 5.92 Å². The van der Waals surface area contributed by atoms with Crippen LogP contribution in [-0.4, -0.2) is 22.2 Å². The van der Waals surface area contributed by atoms with Crippen LogP contribution in [0.3, 0.4) is 0 Å². The number of carboxylic acid groups (broad SMARTS) is 1. The maximum atomic E-state index is 10.8. The van der Waals surface area contributed by atoms with Crippen molar-refractivity contribution in [1.82, 2.24) is 4.98 Å². The second kappa shape index (κ2) is 5.36. The average Bonchev–Trinajstić information content (AvgIpc) is 2.29. The largest absolute Gasteiger partial charge is 0.481 e. The molecular formula is C12H14ClNO3. The number of hydrogen-bond donors (Lipinski definition) is 1. The lowest BCUT2D eigenvalue weighted by molar-refractivity contribution is -0.143. The van der Waals surface area contributed by atoms with Gasteiger partial charge in [-0.1, -0.05) is 17.7 Å². The van der Waals surface area contributed by atoms with Crippen LogP contribution in [0.5, 0.6) is 5.88 Å². The Labute approximate surface area is 105 Å². The monoisotopic (exact) mass is 255 g/mol. The fraction of sp³-hybridized carbons (Fsp3) is 0.500. The molecule has 1 aromatic rings. The molecule has 17 heavy (non-hydrogen) atoms. The van der Waals surface area contributed by atoms with E-state index in [-0.39, 0.29) is 12.0 Å². The highest BCUT2D eigenvalue weighted by atomic mass is 35.5. The molecule has 1 aliphatic rings. The number of halogens is 1. The van der Waals surface area contributed by atoms with Gasteiger partial charge < -0.3 is 9.84 Å². The molecule has 0 atom stereocenters. The van der Waals surface area contributed by atoms with Crippen molar-refractivity contribution in [2.24, 2.45) is 5.92 Å². The van der Waals surface area contributed by atoms with Crippen LogP contribution >= 0.6 is 11.6 Å². The molecule has 0 amide bonds. The Hall–Kier alpha value is -1.29. The highest BCUT2D eigenvalue weighted by Gasteiger charge is 2.27. The molecule has 92 valence electrons. The van der Waals surface area contributed by atoms with Crippen LogP contribution in [0, 0.1) is 5.92 Å². The summed E-state index contributed by atoms with van der Waals surface area (Å²) in [4.78, 5) is 14.8. The number of carboxylic acids is 1. The molecule has 0 radical (unpaired) electrons. The molecule has 5 heteroatoms. The smallest absolute Gasteiger partial charge is 0.306 e. The van der Waals surface area contributed by atoms with Gasteiger partial charge in [-0.25, -0.2) is 4.98 Å². The quantitative estimate of drug-likeness (QED) is 0.844. The second-order valence-corrected chi connectivity index (χ2v) is 4.62. The lowest BCUT2D eigenvalue weighted by Gasteiger charge is -2.26. The van der Waals surface area contributed by atoms with Crippen LogP contribution in [0.15, 0.2) is 18.2 Å². The zero-order chi connectivity index (χ0) is 12.3. The third kappa shape index (κ3) is 3.33. The summed E-state index contributed by atoms with van der Waals surface area (Å²) in [7, 11) is 0. The van der Waals surface area contributed by atoms with E-state index in [1.165, 1.54) is 0 Å². The van der Waals surface area contributed by atoms with Gasteiger partial charge in [0.25, 0.3) is 0 Å². The molecule has 0 unspecified atom stereocenters. The maximum absolute atomic E-state index is 10.8. The van der Waals surface area contributed by atoms with Gasteiger partial charge in [-0.05, 0) is 31.7 Å². The van der Waals surface area contributed by atoms with Crippen LogP contribution in [0.1, 0.15) is 25.7 Å². The third-order valence-corrected chi connectivity index (χ3v) is 3.21. The predicted molar refractivity (Wildman–Crippen MR) is 63.3 cm³/mol. The first-order valence-electron chi connectivity index (χ1n) is 5.67. The Kier molecular flexibility index (Phi) is 3.84. The van der Waals surface area contributed by atoms with Crippen LogP contribution < -0.4 is 4.74 Å². The minimum atomic E-state index is -0.704. The summed E-state index contributed by atoms with van der Waals surface area (Å²) in [5, 5.41) is 9.28. The van der Waals surface area contributed by atoms with Crippen LogP contribution in [-0.2, 0) is 4.79 Å². The van der Waals surface area contributed by atoms with E-state index < -0.39 is 5.97 Å². The van der Waals surface area contributed by atoms with Crippen LogP contribution in [0.2, 0.25) is 5.15 Å². The zero-order valence-corrected chi connectivity index (χ0v) is 10.1. The van der Waals surface area contributed by atoms with E-state index in [0.29, 0.717) is 23.9 Å². The molecule has 0 aliphatic heterocycles. The fourth-order valence-corrected chi connectivity index (χ4v) is 2.21. The van der Waals surface area contributed by atoms with E-state index in [1.807, 2.05) is 0 Å². The maximum Gasteiger partial charge on any atom is 0.306 e. The number of ether oxygens (including phenoxy) is 1. The predicted octanol–water partition coefficient (Wildman–Crippen LogP) is 2.76. The highest BCUT2D eigenvalue weighted by Crippen LogP contribution is 2.27. The van der Waals surface area contributed by atoms with E-state index in [1.54, 1.807) is 18.2 Å². The Bertz CT molecular complexity index is 402. The molecule has 4 nitrogen and oxygen atoms in total. The molecule has 1 fully saturated rings. The van der Waals surface area contributed by atoms with Gasteiger partial charge in [-0.15, -0.1) is 0 Å². The first-order valence-corrected chi connectivity index (χ1v) is 6.05. The lowest BCUT2D eigenvalue weighted by Crippen LogP contribution is -2.28. The zero-order valence-electron chi connectivity index (χ0n) is 9.30. The summed E-state index contributed by atoms with van der Waals surface area (Å²) < 4.78 is 5.68. The van der Waals surface area contributed by atoms with Gasteiger partial charge in [0.2, 0.25) is 5.88 Å². The molecule has 1 heterocycles. The van der Waals surface area contributed by atoms with Crippen molar-refractivity contribution in [2.75, 3.05) is 0 Å². The van der Waals surface area contributed by atoms with Gasteiger partial charge >= 0.3 is 5.97 Å². The van der Waals surface area contributed by atoms with Crippen molar-refractivity contribution in [2.45, 2.75) is 31.8 Å². The number of nitrogens with zero attached hydrogens (tertiary/aromatic N) is 1. The Morgan fingerprint density at radius 1 is 1.35 bits per heavy atom. The lowest BCUT2D eigenvalue weighted by atomic mass is 9.87. The summed E-state index contributed by atoms with van der Waals surface area (Å²) in [6, 6.07) is 5.23. The molecule has 1 aromatic heterocycles. The molecular weight excluding hydrogens is 242 g/mol. The Morgan fingerprint density at radius 3 is 2.65 bits per heavy atom. The van der Waals surface area contributed by atoms with Crippen molar-refractivity contribution in [1.29, 1.82) is 0 Å². The van der Waals surface area contributed by atoms with Gasteiger partial charge in [0.15, 0.2) is 0 Å². The minimum Gasteiger partial charge on any atom is -0.481 e. The molecule has 1 aliphatic carbocycles. The standard InChI is InChI=1S/C12H14ClNO3/c13-10-2-1-3-11(14-10)17-9-6-4-8(5-7-9)12(15)16/h1-3,8-9H,4-7H2,(H,15,16). The third-order valence-electron chi connectivity index (χ3n) is 3.00. The summed E-state index contributed by atoms with van der Waals surface area (Å²) in [6.45, 7) is 0. The summed E-state index contributed by atoms with van der Waals surface area (Å²) >= 11 is 5.76. The van der Waals surface area contributed by atoms with Gasteiger partial charge in [0.1, 0.15) is 11.3 Å². The van der Waals surface area contributed by atoms with E-state index in [0.717, 1.165) is 12.8 Å². The number of pyridine rings is 1. The molecule has 0 saturated heterocycles. The van der Waals surface area contributed by atoms with Crippen LogP contribution in [0.25, 0.3) is 0 Å². The molecule has 0 spiro atoms. The number of carbonyl (C=O) groups is 1. The minimum absolute atomic E-state index is 0.0524. The summed E-state index contributed by atoms with van der Waals surface area (Å²) in [5.74, 6) is -0.414. The number of aliphatic carboxylic acids is 1. The summed E-state index contributed by atoms with van der Waals surface area (Å²) in [5.41, 5.74) is 0. The van der Waals surface area contributed by atoms with E-state index in [9.17, 15) is 4.79 Å². The molecule has 0 bridgehead atoms. The van der Waals surface area contributed by atoms with E-state index in [2.05, 4.69) is 4.98 Å². The topological polar surface area (TPSA) is 59.4 Å². The SMILES string of the molecule is O=C(O)C1CCC(Oc2cccc(Cl)n2)CC1. The molecule has 1 saturated carbocycles. The molecule has 0 aromatic carbocycles.